The van der Waals surface area contributed by atoms with Crippen LogP contribution in [0.1, 0.15) is 23.1 Å². The van der Waals surface area contributed by atoms with Crippen molar-refractivity contribution in [2.45, 2.75) is 33.3 Å². The fraction of sp³-hybridized carbons (Fsp3) is 0.421. The Hall–Kier alpha value is -2.67. The summed E-state index contributed by atoms with van der Waals surface area (Å²) in [4.78, 5) is 26.4. The average Bonchev–Trinajstić information content (AvgIpc) is 2.59. The summed E-state index contributed by atoms with van der Waals surface area (Å²) >= 11 is 0. The van der Waals surface area contributed by atoms with Gasteiger partial charge in [0.2, 0.25) is 0 Å². The first-order chi connectivity index (χ1) is 12.3. The van der Waals surface area contributed by atoms with Crippen LogP contribution in [0.2, 0.25) is 0 Å². The monoisotopic (exact) mass is 360 g/mol. The van der Waals surface area contributed by atoms with Gasteiger partial charge < -0.3 is 20.2 Å². The summed E-state index contributed by atoms with van der Waals surface area (Å²) in [6.07, 6.45) is -0.336. The van der Waals surface area contributed by atoms with Gasteiger partial charge in [-0.3, -0.25) is 9.59 Å². The van der Waals surface area contributed by atoms with Crippen LogP contribution in [0.3, 0.4) is 0 Å². The number of pyridine rings is 1. The smallest absolute Gasteiger partial charge is 0.310 e. The van der Waals surface area contributed by atoms with Gasteiger partial charge in [0, 0.05) is 18.5 Å². The lowest BCUT2D eigenvalue weighted by molar-refractivity contribution is -0.146. The molecular formula is C19H24N2O5. The normalized spacial score (nSPS) is 19.6. The molecule has 0 spiro atoms. The van der Waals surface area contributed by atoms with Crippen molar-refractivity contribution in [3.05, 3.63) is 34.9 Å². The van der Waals surface area contributed by atoms with Crippen LogP contribution in [0, 0.1) is 26.7 Å². The van der Waals surface area contributed by atoms with E-state index >= 15 is 0 Å². The minimum absolute atomic E-state index is 0.250. The number of carboxylic acids is 1. The number of anilines is 1. The molecule has 3 rings (SSSR count). The molecule has 1 aliphatic heterocycles. The van der Waals surface area contributed by atoms with Crippen LogP contribution >= 0.6 is 0 Å². The molecule has 0 aliphatic carbocycles. The highest BCUT2D eigenvalue weighted by Crippen LogP contribution is 2.29. The van der Waals surface area contributed by atoms with E-state index in [9.17, 15) is 15.0 Å². The quantitative estimate of drug-likeness (QED) is 0.704. The van der Waals surface area contributed by atoms with E-state index in [2.05, 4.69) is 32.9 Å². The Labute approximate surface area is 151 Å². The summed E-state index contributed by atoms with van der Waals surface area (Å²) in [5, 5.41) is 27.2. The van der Waals surface area contributed by atoms with Crippen molar-refractivity contribution in [1.82, 2.24) is 4.98 Å². The Bertz CT molecular complexity index is 821. The number of carboxylic acid groups (broad SMARTS) is 2. The second kappa shape index (κ2) is 8.14. The van der Waals surface area contributed by atoms with E-state index in [0.29, 0.717) is 19.5 Å². The van der Waals surface area contributed by atoms with Gasteiger partial charge in [0.05, 0.1) is 11.6 Å². The topological polar surface area (TPSA) is 111 Å². The Morgan fingerprint density at radius 3 is 2.54 bits per heavy atom. The number of piperidine rings is 1. The van der Waals surface area contributed by atoms with Gasteiger partial charge in [0.1, 0.15) is 11.7 Å². The van der Waals surface area contributed by atoms with Crippen molar-refractivity contribution < 1.29 is 24.9 Å². The van der Waals surface area contributed by atoms with Gasteiger partial charge in [0.25, 0.3) is 6.47 Å². The summed E-state index contributed by atoms with van der Waals surface area (Å²) in [6.45, 7) is 6.84. The zero-order valence-corrected chi connectivity index (χ0v) is 15.1. The highest BCUT2D eigenvalue weighted by atomic mass is 16.4. The number of hydrogen-bond acceptors (Lipinski definition) is 5. The Morgan fingerprint density at radius 1 is 1.27 bits per heavy atom. The van der Waals surface area contributed by atoms with Crippen molar-refractivity contribution in [3.8, 4) is 0 Å². The number of aryl methyl sites for hydroxylation is 3. The number of aliphatic hydroxyl groups excluding tert-OH is 1. The molecule has 1 fully saturated rings. The molecule has 0 saturated carbocycles. The molecule has 26 heavy (non-hydrogen) atoms. The number of aliphatic carboxylic acids is 1. The molecule has 2 atom stereocenters. The van der Waals surface area contributed by atoms with Crippen LogP contribution in [-0.2, 0) is 9.59 Å². The molecule has 2 heterocycles. The third kappa shape index (κ3) is 3.94. The van der Waals surface area contributed by atoms with Crippen molar-refractivity contribution in [2.75, 3.05) is 18.0 Å². The van der Waals surface area contributed by atoms with Crippen LogP contribution in [0.15, 0.2) is 18.2 Å². The van der Waals surface area contributed by atoms with Crippen molar-refractivity contribution in [2.24, 2.45) is 5.92 Å². The number of aromatic nitrogens is 1. The summed E-state index contributed by atoms with van der Waals surface area (Å²) in [5.41, 5.74) is 4.45. The highest BCUT2D eigenvalue weighted by Gasteiger charge is 2.33. The molecule has 0 unspecified atom stereocenters. The number of benzene rings is 1. The molecule has 1 aliphatic rings. The zero-order chi connectivity index (χ0) is 19.4. The van der Waals surface area contributed by atoms with Crippen LogP contribution in [0.5, 0.6) is 0 Å². The first-order valence-electron chi connectivity index (χ1n) is 8.41. The van der Waals surface area contributed by atoms with E-state index in [1.807, 2.05) is 11.0 Å². The van der Waals surface area contributed by atoms with Gasteiger partial charge >= 0.3 is 5.97 Å². The second-order valence-corrected chi connectivity index (χ2v) is 6.55. The molecule has 1 saturated heterocycles. The van der Waals surface area contributed by atoms with Gasteiger partial charge in [-0.05, 0) is 49.9 Å². The standard InChI is InChI=1S/C18H22N2O3.CH2O2/c1-10-4-5-13-11(2)8-16(19-17(13)12(10)3)20-7-6-15(21)14(9-20)18(22)23;2-1-3/h4-5,8,14-15,21H,6-7,9H2,1-3H3,(H,22,23);1H,(H,2,3)/t14-,15+;/m0./s1. The molecule has 0 radical (unpaired) electrons. The predicted octanol–water partition coefficient (Wildman–Crippen LogP) is 2.13. The van der Waals surface area contributed by atoms with Crippen molar-refractivity contribution in [1.29, 1.82) is 0 Å². The fourth-order valence-electron chi connectivity index (χ4n) is 3.23. The van der Waals surface area contributed by atoms with E-state index in [-0.39, 0.29) is 6.47 Å². The lowest BCUT2D eigenvalue weighted by Crippen LogP contribution is -2.46. The highest BCUT2D eigenvalue weighted by molar-refractivity contribution is 5.87. The summed E-state index contributed by atoms with van der Waals surface area (Å²) in [7, 11) is 0. The van der Waals surface area contributed by atoms with Gasteiger partial charge in [-0.15, -0.1) is 0 Å². The summed E-state index contributed by atoms with van der Waals surface area (Å²) in [5.74, 6) is -0.922. The second-order valence-electron chi connectivity index (χ2n) is 6.55. The van der Waals surface area contributed by atoms with Crippen LogP contribution in [0.4, 0.5) is 5.82 Å². The molecule has 2 aromatic rings. The van der Waals surface area contributed by atoms with Gasteiger partial charge in [0.15, 0.2) is 0 Å². The van der Waals surface area contributed by atoms with E-state index in [1.165, 1.54) is 5.56 Å². The molecule has 1 aromatic carbocycles. The largest absolute Gasteiger partial charge is 0.483 e. The molecule has 1 aromatic heterocycles. The van der Waals surface area contributed by atoms with Crippen molar-refractivity contribution in [3.63, 3.8) is 0 Å². The van der Waals surface area contributed by atoms with Crippen LogP contribution in [-0.4, -0.2) is 51.9 Å². The van der Waals surface area contributed by atoms with Gasteiger partial charge in [-0.1, -0.05) is 12.1 Å². The molecule has 7 heteroatoms. The first kappa shape index (κ1) is 19.7. The zero-order valence-electron chi connectivity index (χ0n) is 15.1. The van der Waals surface area contributed by atoms with E-state index in [0.717, 1.165) is 27.8 Å². The Balaban J connectivity index is 0.000000758. The Morgan fingerprint density at radius 2 is 1.92 bits per heavy atom. The van der Waals surface area contributed by atoms with E-state index in [4.69, 9.17) is 14.9 Å². The van der Waals surface area contributed by atoms with Crippen LogP contribution < -0.4 is 4.90 Å². The summed E-state index contributed by atoms with van der Waals surface area (Å²) < 4.78 is 0. The minimum atomic E-state index is -0.952. The van der Waals surface area contributed by atoms with Gasteiger partial charge in [-0.25, -0.2) is 4.98 Å². The molecule has 140 valence electrons. The lowest BCUT2D eigenvalue weighted by atomic mass is 9.94. The summed E-state index contributed by atoms with van der Waals surface area (Å²) in [6, 6.07) is 6.20. The third-order valence-corrected chi connectivity index (χ3v) is 4.92. The maximum Gasteiger partial charge on any atom is 0.310 e. The maximum atomic E-state index is 11.3. The number of carbonyl (C=O) groups is 2. The molecular weight excluding hydrogens is 336 g/mol. The van der Waals surface area contributed by atoms with Crippen LogP contribution in [0.25, 0.3) is 10.9 Å². The molecule has 0 bridgehead atoms. The van der Waals surface area contributed by atoms with Crippen molar-refractivity contribution >= 4 is 29.2 Å². The number of nitrogens with zero attached hydrogens (tertiary/aromatic N) is 2. The number of rotatable bonds is 2. The molecule has 3 N–H and O–H groups in total. The number of hydrogen-bond donors (Lipinski definition) is 3. The first-order valence-corrected chi connectivity index (χ1v) is 8.41. The lowest BCUT2D eigenvalue weighted by Gasteiger charge is -2.35. The van der Waals surface area contributed by atoms with E-state index < -0.39 is 18.0 Å². The minimum Gasteiger partial charge on any atom is -0.483 e. The Kier molecular flexibility index (Phi) is 6.15. The average molecular weight is 360 g/mol. The molecule has 7 nitrogen and oxygen atoms in total. The van der Waals surface area contributed by atoms with Gasteiger partial charge in [-0.2, -0.15) is 0 Å². The predicted molar refractivity (Wildman–Crippen MR) is 98.6 cm³/mol. The number of fused-ring (bicyclic) bond motifs is 1. The third-order valence-electron chi connectivity index (χ3n) is 4.92. The number of aliphatic hydroxyl groups is 1. The molecule has 0 amide bonds. The fourth-order valence-corrected chi connectivity index (χ4v) is 3.23. The van der Waals surface area contributed by atoms with E-state index in [1.54, 1.807) is 0 Å². The maximum absolute atomic E-state index is 11.3. The SMILES string of the molecule is Cc1ccc2c(C)cc(N3CC[C@@H](O)[C@@H](C(=O)O)C3)nc2c1C.O=CO.